The summed E-state index contributed by atoms with van der Waals surface area (Å²) in [6.07, 6.45) is 4.23. The van der Waals surface area contributed by atoms with Gasteiger partial charge in [0.05, 0.1) is 6.42 Å². The molecular weight excluding hydrogens is 444 g/mol. The maximum absolute atomic E-state index is 13.3. The molecule has 2 aromatic carbocycles. The Morgan fingerprint density at radius 1 is 1.09 bits per heavy atom. The lowest BCUT2D eigenvalue weighted by Crippen LogP contribution is -2.54. The molecule has 0 aromatic heterocycles. The Morgan fingerprint density at radius 3 is 2.37 bits per heavy atom. The Hall–Kier alpha value is -3.61. The molecule has 2 aliphatic rings. The number of fused-ring (bicyclic) bond motifs is 3. The third-order valence-corrected chi connectivity index (χ3v) is 6.91. The van der Waals surface area contributed by atoms with Gasteiger partial charge in [0.1, 0.15) is 12.6 Å². The van der Waals surface area contributed by atoms with Gasteiger partial charge in [-0.3, -0.25) is 9.59 Å². The molecule has 2 N–H and O–H groups in total. The Labute approximate surface area is 205 Å². The van der Waals surface area contributed by atoms with Crippen molar-refractivity contribution in [3.05, 3.63) is 72.3 Å². The van der Waals surface area contributed by atoms with Gasteiger partial charge < -0.3 is 20.1 Å². The van der Waals surface area contributed by atoms with Gasteiger partial charge in [0.15, 0.2) is 0 Å². The number of allylic oxidation sites excluding steroid dienone is 1. The average Bonchev–Trinajstić information content (AvgIpc) is 3.18. The van der Waals surface area contributed by atoms with Gasteiger partial charge in [-0.2, -0.15) is 0 Å². The largest absolute Gasteiger partial charge is 0.481 e. The first-order valence-electron chi connectivity index (χ1n) is 12.2. The predicted octanol–water partition coefficient (Wildman–Crippen LogP) is 4.72. The highest BCUT2D eigenvalue weighted by molar-refractivity contribution is 5.86. The van der Waals surface area contributed by atoms with Crippen LogP contribution in [0.3, 0.4) is 0 Å². The van der Waals surface area contributed by atoms with Crippen LogP contribution in [0.1, 0.15) is 55.6 Å². The summed E-state index contributed by atoms with van der Waals surface area (Å²) in [4.78, 5) is 39.1. The SMILES string of the molecule is C=CCCC(NC(=O)OCC1c2ccccc2-c2ccccc21)C(=O)N1CCCCC1CC(=O)O. The molecule has 0 radical (unpaired) electrons. The van der Waals surface area contributed by atoms with E-state index >= 15 is 0 Å². The van der Waals surface area contributed by atoms with Gasteiger partial charge in [-0.05, 0) is 54.4 Å². The number of carbonyl (C=O) groups excluding carboxylic acids is 2. The van der Waals surface area contributed by atoms with Gasteiger partial charge in [-0.1, -0.05) is 54.6 Å². The van der Waals surface area contributed by atoms with Crippen molar-refractivity contribution in [2.75, 3.05) is 13.2 Å². The highest BCUT2D eigenvalue weighted by atomic mass is 16.5. The number of benzene rings is 2. The fourth-order valence-corrected chi connectivity index (χ4v) is 5.23. The first-order valence-corrected chi connectivity index (χ1v) is 12.2. The molecule has 0 bridgehead atoms. The highest BCUT2D eigenvalue weighted by Gasteiger charge is 2.34. The van der Waals surface area contributed by atoms with Crippen LogP contribution in [-0.2, 0) is 14.3 Å². The van der Waals surface area contributed by atoms with E-state index < -0.39 is 18.1 Å². The molecule has 2 aromatic rings. The van der Waals surface area contributed by atoms with Crippen molar-refractivity contribution >= 4 is 18.0 Å². The lowest BCUT2D eigenvalue weighted by molar-refractivity contribution is -0.143. The molecule has 1 fully saturated rings. The fraction of sp³-hybridized carbons (Fsp3) is 0.393. The minimum Gasteiger partial charge on any atom is -0.481 e. The van der Waals surface area contributed by atoms with Crippen LogP contribution in [0.5, 0.6) is 0 Å². The number of carboxylic acids is 1. The van der Waals surface area contributed by atoms with Crippen LogP contribution in [0.2, 0.25) is 0 Å². The summed E-state index contributed by atoms with van der Waals surface area (Å²) >= 11 is 0. The second kappa shape index (κ2) is 11.2. The number of ether oxygens (including phenoxy) is 1. The van der Waals surface area contributed by atoms with Crippen LogP contribution >= 0.6 is 0 Å². The molecule has 1 saturated heterocycles. The van der Waals surface area contributed by atoms with Gasteiger partial charge in [-0.15, -0.1) is 6.58 Å². The molecule has 2 unspecified atom stereocenters. The number of nitrogens with zero attached hydrogens (tertiary/aromatic N) is 1. The molecule has 0 spiro atoms. The van der Waals surface area contributed by atoms with Crippen molar-refractivity contribution in [1.29, 1.82) is 0 Å². The van der Waals surface area contributed by atoms with Gasteiger partial charge in [0.2, 0.25) is 5.91 Å². The fourth-order valence-electron chi connectivity index (χ4n) is 5.23. The lowest BCUT2D eigenvalue weighted by atomic mass is 9.97. The van der Waals surface area contributed by atoms with Crippen LogP contribution in [0.25, 0.3) is 11.1 Å². The van der Waals surface area contributed by atoms with Crippen LogP contribution in [0.4, 0.5) is 4.79 Å². The van der Waals surface area contributed by atoms with E-state index in [4.69, 9.17) is 4.74 Å². The second-order valence-electron chi connectivity index (χ2n) is 9.17. The van der Waals surface area contributed by atoms with Crippen molar-refractivity contribution in [1.82, 2.24) is 10.2 Å². The molecule has 35 heavy (non-hydrogen) atoms. The Morgan fingerprint density at radius 2 is 1.74 bits per heavy atom. The number of aliphatic carboxylic acids is 1. The van der Waals surface area contributed by atoms with Crippen molar-refractivity contribution < 1.29 is 24.2 Å². The van der Waals surface area contributed by atoms with Crippen molar-refractivity contribution in [3.8, 4) is 11.1 Å². The molecule has 0 saturated carbocycles. The molecule has 2 amide bonds. The summed E-state index contributed by atoms with van der Waals surface area (Å²) < 4.78 is 5.64. The minimum atomic E-state index is -0.929. The number of hydrogen-bond donors (Lipinski definition) is 2. The van der Waals surface area contributed by atoms with Crippen LogP contribution < -0.4 is 5.32 Å². The van der Waals surface area contributed by atoms with E-state index in [0.29, 0.717) is 25.8 Å². The zero-order valence-corrected chi connectivity index (χ0v) is 19.8. The van der Waals surface area contributed by atoms with E-state index in [1.807, 2.05) is 24.3 Å². The van der Waals surface area contributed by atoms with Crippen LogP contribution in [0.15, 0.2) is 61.2 Å². The molecule has 2 atom stereocenters. The highest BCUT2D eigenvalue weighted by Crippen LogP contribution is 2.44. The Kier molecular flexibility index (Phi) is 7.85. The van der Waals surface area contributed by atoms with Crippen molar-refractivity contribution in [2.45, 2.75) is 56.5 Å². The summed E-state index contributed by atoms with van der Waals surface area (Å²) in [5.74, 6) is -1.26. The number of hydrogen-bond acceptors (Lipinski definition) is 4. The summed E-state index contributed by atoms with van der Waals surface area (Å²) in [6, 6.07) is 15.1. The number of carbonyl (C=O) groups is 3. The quantitative estimate of drug-likeness (QED) is 0.511. The van der Waals surface area contributed by atoms with Gasteiger partial charge in [0.25, 0.3) is 0 Å². The number of piperidine rings is 1. The molecule has 7 heteroatoms. The van der Waals surface area contributed by atoms with Gasteiger partial charge >= 0.3 is 12.1 Å². The van der Waals surface area contributed by atoms with E-state index in [-0.39, 0.29) is 30.9 Å². The number of amides is 2. The first-order chi connectivity index (χ1) is 17.0. The zero-order chi connectivity index (χ0) is 24.8. The van der Waals surface area contributed by atoms with E-state index in [1.165, 1.54) is 0 Å². The summed E-state index contributed by atoms with van der Waals surface area (Å²) in [7, 11) is 0. The molecule has 1 heterocycles. The molecule has 1 aliphatic heterocycles. The molecule has 184 valence electrons. The molecular formula is C28H32N2O5. The first kappa shape index (κ1) is 24.5. The topological polar surface area (TPSA) is 95.9 Å². The number of nitrogens with one attached hydrogen (secondary N) is 1. The monoisotopic (exact) mass is 476 g/mol. The summed E-state index contributed by atoms with van der Waals surface area (Å²) in [5, 5.41) is 12.0. The van der Waals surface area contributed by atoms with E-state index in [0.717, 1.165) is 35.1 Å². The number of rotatable bonds is 9. The standard InChI is InChI=1S/C28H32N2O5/c1-2-3-15-25(27(33)30-16-9-8-10-19(30)17-26(31)32)29-28(34)35-18-24-22-13-6-4-11-20(22)21-12-5-7-14-23(21)24/h2,4-7,11-14,19,24-25H,1,3,8-10,15-18H2,(H,29,34)(H,31,32). The Bertz CT molecular complexity index is 1050. The molecule has 7 nitrogen and oxygen atoms in total. The minimum absolute atomic E-state index is 0.0717. The predicted molar refractivity (Wildman–Crippen MR) is 133 cm³/mol. The third-order valence-electron chi connectivity index (χ3n) is 6.91. The van der Waals surface area contributed by atoms with E-state index in [1.54, 1.807) is 11.0 Å². The van der Waals surface area contributed by atoms with E-state index in [9.17, 15) is 19.5 Å². The smallest absolute Gasteiger partial charge is 0.407 e. The third kappa shape index (κ3) is 5.56. The van der Waals surface area contributed by atoms with Crippen LogP contribution in [0, 0.1) is 0 Å². The Balaban J connectivity index is 1.43. The summed E-state index contributed by atoms with van der Waals surface area (Å²) in [6.45, 7) is 4.38. The average molecular weight is 477 g/mol. The van der Waals surface area contributed by atoms with E-state index in [2.05, 4.69) is 36.2 Å². The van der Waals surface area contributed by atoms with Gasteiger partial charge in [0, 0.05) is 18.5 Å². The second-order valence-corrected chi connectivity index (χ2v) is 9.17. The maximum atomic E-state index is 13.3. The van der Waals surface area contributed by atoms with Gasteiger partial charge in [-0.25, -0.2) is 4.79 Å². The van der Waals surface area contributed by atoms with Crippen LogP contribution in [-0.4, -0.2) is 53.2 Å². The maximum Gasteiger partial charge on any atom is 0.407 e. The number of likely N-dealkylation sites (tertiary alicyclic amines) is 1. The normalized spacial score (nSPS) is 17.7. The molecule has 1 aliphatic carbocycles. The van der Waals surface area contributed by atoms with Crippen molar-refractivity contribution in [2.24, 2.45) is 0 Å². The number of carboxylic acid groups (broad SMARTS) is 1. The van der Waals surface area contributed by atoms with Crippen molar-refractivity contribution in [3.63, 3.8) is 0 Å². The number of alkyl carbamates (subject to hydrolysis) is 1. The summed E-state index contributed by atoms with van der Waals surface area (Å²) in [5.41, 5.74) is 4.52. The molecule has 4 rings (SSSR count). The zero-order valence-electron chi connectivity index (χ0n) is 19.8. The lowest BCUT2D eigenvalue weighted by Gasteiger charge is -2.37.